The van der Waals surface area contributed by atoms with E-state index in [0.717, 1.165) is 17.8 Å². The number of hydrogen-bond acceptors (Lipinski definition) is 4. The van der Waals surface area contributed by atoms with Gasteiger partial charge < -0.3 is 10.6 Å². The van der Waals surface area contributed by atoms with Crippen molar-refractivity contribution in [2.24, 2.45) is 0 Å². The maximum Gasteiger partial charge on any atom is 0.222 e. The first-order valence-corrected chi connectivity index (χ1v) is 3.92. The van der Waals surface area contributed by atoms with Crippen molar-refractivity contribution in [3.63, 3.8) is 0 Å². The van der Waals surface area contributed by atoms with E-state index >= 15 is 0 Å². The monoisotopic (exact) mass is 166 g/mol. The lowest BCUT2D eigenvalue weighted by Gasteiger charge is -2.05. The fourth-order valence-corrected chi connectivity index (χ4v) is 0.944. The van der Waals surface area contributed by atoms with Crippen LogP contribution in [0.25, 0.3) is 0 Å². The lowest BCUT2D eigenvalue weighted by Crippen LogP contribution is -2.10. The van der Waals surface area contributed by atoms with Crippen LogP contribution in [0.4, 0.5) is 5.95 Å². The first kappa shape index (κ1) is 8.93. The Balaban J connectivity index is 2.91. The van der Waals surface area contributed by atoms with Crippen molar-refractivity contribution in [1.29, 1.82) is 0 Å². The summed E-state index contributed by atoms with van der Waals surface area (Å²) in [6.07, 6.45) is 1.82. The zero-order chi connectivity index (χ0) is 8.97. The Morgan fingerprint density at radius 3 is 2.75 bits per heavy atom. The van der Waals surface area contributed by atoms with E-state index in [1.165, 1.54) is 0 Å². The molecule has 0 aliphatic carbocycles. The molecule has 4 nitrogen and oxygen atoms in total. The molecule has 1 aromatic rings. The maximum atomic E-state index is 4.30. The highest BCUT2D eigenvalue weighted by Gasteiger charge is 2.00. The summed E-state index contributed by atoms with van der Waals surface area (Å²) in [4.78, 5) is 8.39. The summed E-state index contributed by atoms with van der Waals surface area (Å²) < 4.78 is 0. The quantitative estimate of drug-likeness (QED) is 0.688. The summed E-state index contributed by atoms with van der Waals surface area (Å²) in [5.74, 6) is 0.672. The van der Waals surface area contributed by atoms with Crippen LogP contribution < -0.4 is 10.6 Å². The van der Waals surface area contributed by atoms with Crippen LogP contribution in [-0.2, 0) is 6.54 Å². The largest absolute Gasteiger partial charge is 0.357 e. The van der Waals surface area contributed by atoms with Crippen LogP contribution in [0.1, 0.15) is 11.3 Å². The van der Waals surface area contributed by atoms with E-state index in [2.05, 4.69) is 20.6 Å². The standard InChI is InChI=1S/C8H14N4/c1-6-4-11-8(10-3)12-7(6)5-9-2/h4,9H,5H2,1-3H3,(H,10,11,12). The fourth-order valence-electron chi connectivity index (χ4n) is 0.944. The summed E-state index contributed by atoms with van der Waals surface area (Å²) in [6, 6.07) is 0. The van der Waals surface area contributed by atoms with Gasteiger partial charge in [0.05, 0.1) is 5.69 Å². The number of nitrogens with one attached hydrogen (secondary N) is 2. The van der Waals surface area contributed by atoms with Crippen molar-refractivity contribution in [3.05, 3.63) is 17.5 Å². The van der Waals surface area contributed by atoms with E-state index < -0.39 is 0 Å². The van der Waals surface area contributed by atoms with Gasteiger partial charge in [-0.2, -0.15) is 0 Å². The normalized spacial score (nSPS) is 9.92. The van der Waals surface area contributed by atoms with Gasteiger partial charge in [-0.15, -0.1) is 0 Å². The van der Waals surface area contributed by atoms with Gasteiger partial charge in [-0.25, -0.2) is 9.97 Å². The molecule has 0 aliphatic rings. The van der Waals surface area contributed by atoms with Gasteiger partial charge in [-0.3, -0.25) is 0 Å². The fraction of sp³-hybridized carbons (Fsp3) is 0.500. The molecule has 0 bridgehead atoms. The number of hydrogen-bond donors (Lipinski definition) is 2. The molecule has 1 rings (SSSR count). The predicted octanol–water partition coefficient (Wildman–Crippen LogP) is 0.546. The van der Waals surface area contributed by atoms with Crippen LogP contribution in [-0.4, -0.2) is 24.1 Å². The minimum atomic E-state index is 0.672. The van der Waals surface area contributed by atoms with Gasteiger partial charge in [0.25, 0.3) is 0 Å². The van der Waals surface area contributed by atoms with E-state index in [1.54, 1.807) is 0 Å². The second-order valence-electron chi connectivity index (χ2n) is 2.60. The van der Waals surface area contributed by atoms with Gasteiger partial charge in [-0.05, 0) is 19.5 Å². The number of aromatic nitrogens is 2. The maximum absolute atomic E-state index is 4.30. The highest BCUT2D eigenvalue weighted by Crippen LogP contribution is 2.05. The summed E-state index contributed by atoms with van der Waals surface area (Å²) in [5, 5.41) is 5.96. The molecule has 0 spiro atoms. The third-order valence-corrected chi connectivity index (χ3v) is 1.64. The molecule has 0 fully saturated rings. The van der Waals surface area contributed by atoms with E-state index in [0.29, 0.717) is 5.95 Å². The van der Waals surface area contributed by atoms with Crippen LogP contribution >= 0.6 is 0 Å². The molecule has 0 saturated heterocycles. The molecule has 0 saturated carbocycles. The first-order chi connectivity index (χ1) is 5.77. The van der Waals surface area contributed by atoms with Crippen molar-refractivity contribution >= 4 is 5.95 Å². The van der Waals surface area contributed by atoms with Crippen molar-refractivity contribution < 1.29 is 0 Å². The molecule has 0 aromatic carbocycles. The molecule has 66 valence electrons. The van der Waals surface area contributed by atoms with Crippen molar-refractivity contribution in [2.45, 2.75) is 13.5 Å². The molecular formula is C8H14N4. The lowest BCUT2D eigenvalue weighted by atomic mass is 10.2. The molecular weight excluding hydrogens is 152 g/mol. The van der Waals surface area contributed by atoms with E-state index in [-0.39, 0.29) is 0 Å². The average Bonchev–Trinajstić information content (AvgIpc) is 2.09. The van der Waals surface area contributed by atoms with Crippen LogP contribution in [0, 0.1) is 6.92 Å². The van der Waals surface area contributed by atoms with E-state index in [4.69, 9.17) is 0 Å². The Morgan fingerprint density at radius 1 is 1.42 bits per heavy atom. The Kier molecular flexibility index (Phi) is 2.99. The summed E-state index contributed by atoms with van der Waals surface area (Å²) >= 11 is 0. The molecule has 0 amide bonds. The van der Waals surface area contributed by atoms with Crippen molar-refractivity contribution in [2.75, 3.05) is 19.4 Å². The van der Waals surface area contributed by atoms with Gasteiger partial charge >= 0.3 is 0 Å². The zero-order valence-corrected chi connectivity index (χ0v) is 7.68. The number of aryl methyl sites for hydroxylation is 1. The van der Waals surface area contributed by atoms with E-state index in [9.17, 15) is 0 Å². The van der Waals surface area contributed by atoms with Crippen LogP contribution in [0.2, 0.25) is 0 Å². The third-order valence-electron chi connectivity index (χ3n) is 1.64. The van der Waals surface area contributed by atoms with Crippen LogP contribution in [0.5, 0.6) is 0 Å². The van der Waals surface area contributed by atoms with Crippen LogP contribution in [0.15, 0.2) is 6.20 Å². The Morgan fingerprint density at radius 2 is 2.17 bits per heavy atom. The summed E-state index contributed by atoms with van der Waals surface area (Å²) in [7, 11) is 3.72. The molecule has 0 radical (unpaired) electrons. The summed E-state index contributed by atoms with van der Waals surface area (Å²) in [6.45, 7) is 2.79. The molecule has 1 heterocycles. The van der Waals surface area contributed by atoms with E-state index in [1.807, 2.05) is 27.2 Å². The molecule has 4 heteroatoms. The average molecular weight is 166 g/mol. The number of nitrogens with zero attached hydrogens (tertiary/aromatic N) is 2. The van der Waals surface area contributed by atoms with Gasteiger partial charge in [0.2, 0.25) is 5.95 Å². The lowest BCUT2D eigenvalue weighted by molar-refractivity contribution is 0.779. The highest BCUT2D eigenvalue weighted by atomic mass is 15.1. The molecule has 0 aliphatic heterocycles. The molecule has 0 atom stereocenters. The Labute approximate surface area is 72.4 Å². The molecule has 12 heavy (non-hydrogen) atoms. The second-order valence-corrected chi connectivity index (χ2v) is 2.60. The van der Waals surface area contributed by atoms with Gasteiger partial charge in [0, 0.05) is 19.8 Å². The van der Waals surface area contributed by atoms with Gasteiger partial charge in [0.1, 0.15) is 0 Å². The van der Waals surface area contributed by atoms with Crippen molar-refractivity contribution in [1.82, 2.24) is 15.3 Å². The topological polar surface area (TPSA) is 49.8 Å². The first-order valence-electron chi connectivity index (χ1n) is 3.92. The Bertz CT molecular complexity index is 259. The number of rotatable bonds is 3. The SMILES string of the molecule is CNCc1nc(NC)ncc1C. The second kappa shape index (κ2) is 4.01. The minimum Gasteiger partial charge on any atom is -0.357 e. The minimum absolute atomic E-state index is 0.672. The van der Waals surface area contributed by atoms with Gasteiger partial charge in [0.15, 0.2) is 0 Å². The van der Waals surface area contributed by atoms with Crippen molar-refractivity contribution in [3.8, 4) is 0 Å². The zero-order valence-electron chi connectivity index (χ0n) is 7.68. The smallest absolute Gasteiger partial charge is 0.222 e. The van der Waals surface area contributed by atoms with Gasteiger partial charge in [-0.1, -0.05) is 0 Å². The molecule has 0 unspecified atom stereocenters. The Hall–Kier alpha value is -1.16. The number of anilines is 1. The molecule has 1 aromatic heterocycles. The highest BCUT2D eigenvalue weighted by molar-refractivity contribution is 5.27. The third kappa shape index (κ3) is 1.92. The molecule has 2 N–H and O–H groups in total. The van der Waals surface area contributed by atoms with Crippen LogP contribution in [0.3, 0.4) is 0 Å². The summed E-state index contributed by atoms with van der Waals surface area (Å²) in [5.41, 5.74) is 2.15. The predicted molar refractivity (Wildman–Crippen MR) is 49.1 cm³/mol.